The smallest absolute Gasteiger partial charge is 0.322 e. The van der Waals surface area contributed by atoms with E-state index in [1.807, 2.05) is 41.4 Å². The number of fused-ring (bicyclic) bond motifs is 2. The van der Waals surface area contributed by atoms with Crippen molar-refractivity contribution in [3.63, 3.8) is 0 Å². The Labute approximate surface area is 254 Å². The molecule has 0 radical (unpaired) electrons. The minimum Gasteiger partial charge on any atom is -0.334 e. The molecule has 2 aromatic carbocycles. The van der Waals surface area contributed by atoms with Crippen LogP contribution in [0.5, 0.6) is 0 Å². The molecular formula is C33H30Cl2FN5O. The third kappa shape index (κ3) is 6.04. The van der Waals surface area contributed by atoms with E-state index in [9.17, 15) is 9.18 Å². The van der Waals surface area contributed by atoms with Crippen LogP contribution in [0.3, 0.4) is 0 Å². The molecule has 1 fully saturated rings. The molecule has 0 bridgehead atoms. The van der Waals surface area contributed by atoms with E-state index < -0.39 is 5.95 Å². The first kappa shape index (κ1) is 28.3. The van der Waals surface area contributed by atoms with E-state index in [1.54, 1.807) is 12.3 Å². The number of anilines is 1. The Bertz CT molecular complexity index is 1620. The number of carbonyl (C=O) groups excluding carboxylic acids is 1. The summed E-state index contributed by atoms with van der Waals surface area (Å²) in [6.07, 6.45) is 11.1. The number of aromatic nitrogens is 2. The second-order valence-corrected chi connectivity index (χ2v) is 11.7. The van der Waals surface area contributed by atoms with Gasteiger partial charge < -0.3 is 5.32 Å². The van der Waals surface area contributed by atoms with Gasteiger partial charge in [0.15, 0.2) is 0 Å². The van der Waals surface area contributed by atoms with Gasteiger partial charge in [0.1, 0.15) is 0 Å². The van der Waals surface area contributed by atoms with Crippen LogP contribution in [-0.2, 0) is 12.0 Å². The lowest BCUT2D eigenvalue weighted by atomic mass is 9.73. The monoisotopic (exact) mass is 601 g/mol. The predicted octanol–water partition coefficient (Wildman–Crippen LogP) is 7.37. The minimum absolute atomic E-state index is 0.155. The van der Waals surface area contributed by atoms with Gasteiger partial charge in [0.25, 0.3) is 0 Å². The van der Waals surface area contributed by atoms with E-state index in [2.05, 4.69) is 50.5 Å². The van der Waals surface area contributed by atoms with Crippen LogP contribution in [0.4, 0.5) is 14.9 Å². The van der Waals surface area contributed by atoms with Gasteiger partial charge in [-0.1, -0.05) is 53.6 Å². The second kappa shape index (κ2) is 12.2. The Kier molecular flexibility index (Phi) is 8.24. The molecular weight excluding hydrogens is 572 g/mol. The summed E-state index contributed by atoms with van der Waals surface area (Å²) in [4.78, 5) is 25.7. The Morgan fingerprint density at radius 1 is 1.00 bits per heavy atom. The maximum atomic E-state index is 13.6. The zero-order valence-corrected chi connectivity index (χ0v) is 24.5. The number of nitrogens with one attached hydrogen (secondary N) is 1. The first-order valence-electron chi connectivity index (χ1n) is 13.9. The standard InChI is InChI=1S/C33H30Cl2FN5O/c34-28-7-5-23(17-29(28)35)3-2-14-40-15-10-33(11-16-40)22-41(32(42)39-20-24-9-13-38-31(36)18-24)30-8-6-25(19-27(30)33)26-4-1-12-37-21-26/h1-9,12-13,17-19,21H,10-11,14-16,20,22H2,(H,39,42). The third-order valence-corrected chi connectivity index (χ3v) is 8.96. The molecule has 1 N–H and O–H groups in total. The normalized spacial score (nSPS) is 16.2. The molecule has 1 spiro atoms. The van der Waals surface area contributed by atoms with Crippen molar-refractivity contribution >= 4 is 41.0 Å². The molecule has 2 aliphatic heterocycles. The van der Waals surface area contributed by atoms with Gasteiger partial charge in [0, 0.05) is 49.3 Å². The minimum atomic E-state index is -0.561. The fourth-order valence-electron chi connectivity index (χ4n) is 5.93. The molecule has 0 atom stereocenters. The summed E-state index contributed by atoms with van der Waals surface area (Å²) in [5.41, 5.74) is 5.78. The summed E-state index contributed by atoms with van der Waals surface area (Å²) in [7, 11) is 0. The van der Waals surface area contributed by atoms with Gasteiger partial charge in [0.2, 0.25) is 5.95 Å². The largest absolute Gasteiger partial charge is 0.334 e. The Morgan fingerprint density at radius 3 is 2.62 bits per heavy atom. The molecule has 6 rings (SSSR count). The molecule has 42 heavy (non-hydrogen) atoms. The van der Waals surface area contributed by atoms with E-state index >= 15 is 0 Å². The van der Waals surface area contributed by atoms with Crippen molar-refractivity contribution in [3.8, 4) is 11.1 Å². The van der Waals surface area contributed by atoms with Crippen LogP contribution >= 0.6 is 23.2 Å². The van der Waals surface area contributed by atoms with Crippen LogP contribution in [-0.4, -0.2) is 47.1 Å². The van der Waals surface area contributed by atoms with E-state index in [-0.39, 0.29) is 18.0 Å². The molecule has 2 aromatic heterocycles. The van der Waals surface area contributed by atoms with E-state index in [4.69, 9.17) is 23.2 Å². The molecule has 2 aliphatic rings. The lowest BCUT2D eigenvalue weighted by Gasteiger charge is -2.39. The number of likely N-dealkylation sites (tertiary alicyclic amines) is 1. The summed E-state index contributed by atoms with van der Waals surface area (Å²) in [6, 6.07) is 18.8. The van der Waals surface area contributed by atoms with Crippen molar-refractivity contribution in [3.05, 3.63) is 118 Å². The number of hydrogen-bond donors (Lipinski definition) is 1. The molecule has 0 aliphatic carbocycles. The van der Waals surface area contributed by atoms with Gasteiger partial charge in [-0.05, 0) is 96.2 Å². The SMILES string of the molecule is O=C(NCc1ccnc(F)c1)N1CC2(CCN(CC=Cc3ccc(Cl)c(Cl)c3)CC2)c2cc(-c3cccnc3)ccc21. The second-order valence-electron chi connectivity index (χ2n) is 10.9. The average molecular weight is 603 g/mol. The van der Waals surface area contributed by atoms with Gasteiger partial charge in [-0.2, -0.15) is 4.39 Å². The van der Waals surface area contributed by atoms with Gasteiger partial charge in [-0.25, -0.2) is 9.78 Å². The number of nitrogens with zero attached hydrogens (tertiary/aromatic N) is 4. The quantitative estimate of drug-likeness (QED) is 0.234. The number of piperidine rings is 1. The van der Waals surface area contributed by atoms with Gasteiger partial charge >= 0.3 is 6.03 Å². The number of urea groups is 1. The average Bonchev–Trinajstić information content (AvgIpc) is 3.32. The van der Waals surface area contributed by atoms with E-state index in [0.29, 0.717) is 22.2 Å². The number of pyridine rings is 2. The molecule has 0 saturated carbocycles. The van der Waals surface area contributed by atoms with Crippen LogP contribution in [0, 0.1) is 5.95 Å². The highest BCUT2D eigenvalue weighted by atomic mass is 35.5. The maximum Gasteiger partial charge on any atom is 0.322 e. The number of benzene rings is 2. The predicted molar refractivity (Wildman–Crippen MR) is 166 cm³/mol. The Hall–Kier alpha value is -3.78. The van der Waals surface area contributed by atoms with Crippen molar-refractivity contribution in [2.75, 3.05) is 31.1 Å². The van der Waals surface area contributed by atoms with Crippen LogP contribution in [0.2, 0.25) is 10.0 Å². The van der Waals surface area contributed by atoms with E-state index in [1.165, 1.54) is 17.8 Å². The van der Waals surface area contributed by atoms with Crippen molar-refractivity contribution in [1.82, 2.24) is 20.2 Å². The zero-order chi connectivity index (χ0) is 29.1. The molecule has 2 amide bonds. The van der Waals surface area contributed by atoms with Crippen LogP contribution in [0.1, 0.15) is 29.5 Å². The fraction of sp³-hybridized carbons (Fsp3) is 0.242. The Balaban J connectivity index is 1.20. The van der Waals surface area contributed by atoms with Crippen LogP contribution in [0.25, 0.3) is 17.2 Å². The highest BCUT2D eigenvalue weighted by Gasteiger charge is 2.46. The lowest BCUT2D eigenvalue weighted by Crippen LogP contribution is -2.47. The molecule has 6 nitrogen and oxygen atoms in total. The summed E-state index contributed by atoms with van der Waals surface area (Å²) in [5.74, 6) is -0.561. The van der Waals surface area contributed by atoms with Gasteiger partial charge in [0.05, 0.1) is 10.0 Å². The first-order chi connectivity index (χ1) is 20.4. The fourth-order valence-corrected chi connectivity index (χ4v) is 6.24. The van der Waals surface area contributed by atoms with Crippen molar-refractivity contribution in [1.29, 1.82) is 0 Å². The Morgan fingerprint density at radius 2 is 1.86 bits per heavy atom. The topological polar surface area (TPSA) is 61.4 Å². The highest BCUT2D eigenvalue weighted by Crippen LogP contribution is 2.48. The zero-order valence-electron chi connectivity index (χ0n) is 22.9. The highest BCUT2D eigenvalue weighted by molar-refractivity contribution is 6.42. The summed E-state index contributed by atoms with van der Waals surface area (Å²) in [6.45, 7) is 3.47. The summed E-state index contributed by atoms with van der Waals surface area (Å²) < 4.78 is 13.6. The number of hydrogen-bond acceptors (Lipinski definition) is 4. The lowest BCUT2D eigenvalue weighted by molar-refractivity contribution is 0.180. The molecule has 4 heterocycles. The van der Waals surface area contributed by atoms with Crippen molar-refractivity contribution < 1.29 is 9.18 Å². The molecule has 214 valence electrons. The van der Waals surface area contributed by atoms with Crippen molar-refractivity contribution in [2.24, 2.45) is 0 Å². The maximum absolute atomic E-state index is 13.6. The summed E-state index contributed by atoms with van der Waals surface area (Å²) in [5, 5.41) is 4.08. The molecule has 9 heteroatoms. The molecule has 4 aromatic rings. The number of amides is 2. The van der Waals surface area contributed by atoms with Crippen LogP contribution in [0.15, 0.2) is 85.3 Å². The molecule has 0 unspecified atom stereocenters. The van der Waals surface area contributed by atoms with Gasteiger partial charge in [-0.3, -0.25) is 14.8 Å². The first-order valence-corrected chi connectivity index (χ1v) is 14.7. The van der Waals surface area contributed by atoms with Gasteiger partial charge in [-0.15, -0.1) is 0 Å². The number of halogens is 3. The number of carbonyl (C=O) groups is 1. The van der Waals surface area contributed by atoms with E-state index in [0.717, 1.165) is 54.9 Å². The van der Waals surface area contributed by atoms with Crippen molar-refractivity contribution in [2.45, 2.75) is 24.8 Å². The third-order valence-electron chi connectivity index (χ3n) is 8.22. The number of rotatable bonds is 6. The summed E-state index contributed by atoms with van der Waals surface area (Å²) >= 11 is 12.2. The van der Waals surface area contributed by atoms with Crippen LogP contribution < -0.4 is 10.2 Å². The molecule has 1 saturated heterocycles.